The molecule has 0 saturated heterocycles. The van der Waals surface area contributed by atoms with Crippen LogP contribution in [0.15, 0.2) is 6.33 Å². The van der Waals surface area contributed by atoms with E-state index in [0.717, 1.165) is 12.8 Å². The van der Waals surface area contributed by atoms with Gasteiger partial charge in [0.2, 0.25) is 5.91 Å². The molecule has 1 aliphatic rings. The van der Waals surface area contributed by atoms with Gasteiger partial charge in [-0.25, -0.2) is 9.97 Å². The first-order chi connectivity index (χ1) is 8.66. The van der Waals surface area contributed by atoms with E-state index in [2.05, 4.69) is 15.3 Å². The largest absolute Gasteiger partial charge is 0.321 e. The average molecular weight is 288 g/mol. The number of hydrogen-bond acceptors (Lipinski definition) is 3. The van der Waals surface area contributed by atoms with Crippen molar-refractivity contribution in [2.75, 3.05) is 5.32 Å². The second-order valence-corrected chi connectivity index (χ2v) is 5.30. The quantitative estimate of drug-likeness (QED) is 0.863. The number of carbonyl (C=O) groups excluding carboxylic acids is 1. The van der Waals surface area contributed by atoms with Gasteiger partial charge in [0.15, 0.2) is 10.3 Å². The Bertz CT molecular complexity index is 413. The van der Waals surface area contributed by atoms with Crippen LogP contribution in [0.1, 0.15) is 38.5 Å². The molecular formula is C12H15Cl2N3O. The van der Waals surface area contributed by atoms with Crippen LogP contribution >= 0.6 is 23.2 Å². The standard InChI is InChI=1S/C12H15Cl2N3O/c13-11-10(12(14)16-7-15-11)17-9(18)6-8-4-2-1-3-5-8/h7-8H,1-6H2,(H,17,18). The maximum absolute atomic E-state index is 11.9. The van der Waals surface area contributed by atoms with E-state index in [1.807, 2.05) is 0 Å². The number of carbonyl (C=O) groups is 1. The van der Waals surface area contributed by atoms with Crippen molar-refractivity contribution >= 4 is 34.8 Å². The smallest absolute Gasteiger partial charge is 0.224 e. The van der Waals surface area contributed by atoms with Crippen molar-refractivity contribution in [3.05, 3.63) is 16.6 Å². The predicted octanol–water partition coefficient (Wildman–Crippen LogP) is 3.69. The van der Waals surface area contributed by atoms with Crippen LogP contribution in [0.5, 0.6) is 0 Å². The topological polar surface area (TPSA) is 54.9 Å². The highest BCUT2D eigenvalue weighted by atomic mass is 35.5. The van der Waals surface area contributed by atoms with Crippen LogP contribution in [0.25, 0.3) is 0 Å². The van der Waals surface area contributed by atoms with Gasteiger partial charge in [-0.3, -0.25) is 4.79 Å². The molecule has 0 atom stereocenters. The van der Waals surface area contributed by atoms with E-state index in [1.54, 1.807) is 0 Å². The van der Waals surface area contributed by atoms with E-state index in [9.17, 15) is 4.79 Å². The third kappa shape index (κ3) is 3.56. The molecule has 1 aliphatic carbocycles. The Kier molecular flexibility index (Phi) is 4.78. The monoisotopic (exact) mass is 287 g/mol. The Balaban J connectivity index is 1.94. The summed E-state index contributed by atoms with van der Waals surface area (Å²) in [5.41, 5.74) is 0.307. The average Bonchev–Trinajstić information content (AvgIpc) is 2.35. The first-order valence-corrected chi connectivity index (χ1v) is 6.88. The molecule has 1 aromatic heterocycles. The number of amides is 1. The lowest BCUT2D eigenvalue weighted by Gasteiger charge is -2.20. The summed E-state index contributed by atoms with van der Waals surface area (Å²) in [5.74, 6) is 0.404. The third-order valence-electron chi connectivity index (χ3n) is 3.22. The highest BCUT2D eigenvalue weighted by Gasteiger charge is 2.18. The predicted molar refractivity (Wildman–Crippen MR) is 71.9 cm³/mol. The molecule has 2 rings (SSSR count). The molecule has 0 bridgehead atoms. The van der Waals surface area contributed by atoms with Gasteiger partial charge in [0.1, 0.15) is 12.0 Å². The van der Waals surface area contributed by atoms with Gasteiger partial charge in [0, 0.05) is 6.42 Å². The zero-order valence-electron chi connectivity index (χ0n) is 9.96. The summed E-state index contributed by atoms with van der Waals surface area (Å²) < 4.78 is 0. The lowest BCUT2D eigenvalue weighted by atomic mass is 9.87. The SMILES string of the molecule is O=C(CC1CCCCC1)Nc1c(Cl)ncnc1Cl. The number of halogens is 2. The fourth-order valence-corrected chi connectivity index (χ4v) is 2.70. The summed E-state index contributed by atoms with van der Waals surface area (Å²) in [7, 11) is 0. The van der Waals surface area contributed by atoms with E-state index in [0.29, 0.717) is 18.0 Å². The minimum Gasteiger partial charge on any atom is -0.321 e. The van der Waals surface area contributed by atoms with Gasteiger partial charge in [-0.1, -0.05) is 42.5 Å². The summed E-state index contributed by atoms with van der Waals surface area (Å²) in [4.78, 5) is 19.5. The van der Waals surface area contributed by atoms with Crippen LogP contribution in [0.3, 0.4) is 0 Å². The second kappa shape index (κ2) is 6.34. The number of aromatic nitrogens is 2. The number of rotatable bonds is 3. The van der Waals surface area contributed by atoms with Crippen molar-refractivity contribution in [2.45, 2.75) is 38.5 Å². The zero-order chi connectivity index (χ0) is 13.0. The molecule has 1 heterocycles. The van der Waals surface area contributed by atoms with E-state index in [4.69, 9.17) is 23.2 Å². The Morgan fingerprint density at radius 1 is 1.22 bits per heavy atom. The minimum atomic E-state index is -0.0690. The summed E-state index contributed by atoms with van der Waals surface area (Å²) in [5, 5.41) is 3.04. The van der Waals surface area contributed by atoms with Crippen molar-refractivity contribution in [3.63, 3.8) is 0 Å². The van der Waals surface area contributed by atoms with Gasteiger partial charge >= 0.3 is 0 Å². The number of nitrogens with zero attached hydrogens (tertiary/aromatic N) is 2. The highest BCUT2D eigenvalue weighted by molar-refractivity contribution is 6.38. The molecule has 0 aromatic carbocycles. The van der Waals surface area contributed by atoms with Gasteiger partial charge < -0.3 is 5.32 Å². The molecule has 4 nitrogen and oxygen atoms in total. The molecule has 0 radical (unpaired) electrons. The molecule has 6 heteroatoms. The van der Waals surface area contributed by atoms with Gasteiger partial charge in [-0.2, -0.15) is 0 Å². The van der Waals surface area contributed by atoms with Crippen molar-refractivity contribution in [1.29, 1.82) is 0 Å². The van der Waals surface area contributed by atoms with Crippen molar-refractivity contribution in [1.82, 2.24) is 9.97 Å². The highest BCUT2D eigenvalue weighted by Crippen LogP contribution is 2.29. The molecule has 1 amide bonds. The van der Waals surface area contributed by atoms with E-state index < -0.39 is 0 Å². The van der Waals surface area contributed by atoms with E-state index >= 15 is 0 Å². The first kappa shape index (κ1) is 13.6. The van der Waals surface area contributed by atoms with E-state index in [1.165, 1.54) is 25.6 Å². The Hall–Kier alpha value is -0.870. The summed E-state index contributed by atoms with van der Waals surface area (Å²) in [6.07, 6.45) is 7.74. The van der Waals surface area contributed by atoms with Crippen molar-refractivity contribution < 1.29 is 4.79 Å². The fourth-order valence-electron chi connectivity index (χ4n) is 2.29. The minimum absolute atomic E-state index is 0.0690. The molecule has 18 heavy (non-hydrogen) atoms. The second-order valence-electron chi connectivity index (χ2n) is 4.59. The van der Waals surface area contributed by atoms with Gasteiger partial charge in [-0.15, -0.1) is 0 Å². The van der Waals surface area contributed by atoms with Gasteiger partial charge in [0.05, 0.1) is 0 Å². The number of nitrogens with one attached hydrogen (secondary N) is 1. The van der Waals surface area contributed by atoms with Crippen LogP contribution in [-0.4, -0.2) is 15.9 Å². The number of anilines is 1. The maximum Gasteiger partial charge on any atom is 0.224 e. The van der Waals surface area contributed by atoms with Crippen LogP contribution in [0.2, 0.25) is 10.3 Å². The van der Waals surface area contributed by atoms with Crippen LogP contribution in [0.4, 0.5) is 5.69 Å². The molecule has 0 aliphatic heterocycles. The Labute approximate surface area is 116 Å². The molecule has 1 N–H and O–H groups in total. The molecular weight excluding hydrogens is 273 g/mol. The Morgan fingerprint density at radius 3 is 2.44 bits per heavy atom. The normalized spacial score (nSPS) is 16.6. The molecule has 1 aromatic rings. The van der Waals surface area contributed by atoms with Gasteiger partial charge in [0.25, 0.3) is 0 Å². The maximum atomic E-state index is 11.9. The van der Waals surface area contributed by atoms with Crippen molar-refractivity contribution in [2.24, 2.45) is 5.92 Å². The fraction of sp³-hybridized carbons (Fsp3) is 0.583. The molecule has 0 spiro atoms. The molecule has 0 unspecified atom stereocenters. The number of hydrogen-bond donors (Lipinski definition) is 1. The first-order valence-electron chi connectivity index (χ1n) is 6.12. The Morgan fingerprint density at radius 2 is 1.83 bits per heavy atom. The van der Waals surface area contributed by atoms with Crippen LogP contribution in [0, 0.1) is 5.92 Å². The summed E-state index contributed by atoms with van der Waals surface area (Å²) >= 11 is 11.7. The summed E-state index contributed by atoms with van der Waals surface area (Å²) in [6.45, 7) is 0. The third-order valence-corrected chi connectivity index (χ3v) is 3.79. The molecule has 1 saturated carbocycles. The van der Waals surface area contributed by atoms with Crippen molar-refractivity contribution in [3.8, 4) is 0 Å². The lowest BCUT2D eigenvalue weighted by Crippen LogP contribution is -2.19. The molecule has 1 fully saturated rings. The van der Waals surface area contributed by atoms with Gasteiger partial charge in [-0.05, 0) is 18.8 Å². The van der Waals surface area contributed by atoms with Crippen LogP contribution in [-0.2, 0) is 4.79 Å². The zero-order valence-corrected chi connectivity index (χ0v) is 11.5. The lowest BCUT2D eigenvalue weighted by molar-refractivity contribution is -0.117. The molecule has 98 valence electrons. The summed E-state index contributed by atoms with van der Waals surface area (Å²) in [6, 6.07) is 0. The van der Waals surface area contributed by atoms with Crippen LogP contribution < -0.4 is 5.32 Å². The van der Waals surface area contributed by atoms with E-state index in [-0.39, 0.29) is 16.2 Å².